The Kier molecular flexibility index (Phi) is 6.42. The predicted molar refractivity (Wildman–Crippen MR) is 103 cm³/mol. The largest absolute Gasteiger partial charge is 0.340 e. The molecule has 0 bridgehead atoms. The summed E-state index contributed by atoms with van der Waals surface area (Å²) in [5.74, 6) is 0.0585. The van der Waals surface area contributed by atoms with E-state index >= 15 is 0 Å². The van der Waals surface area contributed by atoms with Crippen LogP contribution in [0.4, 0.5) is 0 Å². The lowest BCUT2D eigenvalue weighted by Gasteiger charge is -2.33. The number of carbonyl (C=O) groups is 2. The molecule has 0 unspecified atom stereocenters. The fraction of sp³-hybridized carbons (Fsp3) is 0.571. The fourth-order valence-corrected chi connectivity index (χ4v) is 3.99. The van der Waals surface area contributed by atoms with E-state index in [4.69, 9.17) is 0 Å². The molecule has 1 aromatic rings. The maximum Gasteiger partial charge on any atom is 0.243 e. The lowest BCUT2D eigenvalue weighted by molar-refractivity contribution is -0.138. The van der Waals surface area contributed by atoms with E-state index < -0.39 is 0 Å². The van der Waals surface area contributed by atoms with Crippen molar-refractivity contribution in [3.63, 3.8) is 0 Å². The van der Waals surface area contributed by atoms with E-state index in [-0.39, 0.29) is 24.7 Å². The van der Waals surface area contributed by atoms with Gasteiger partial charge in [0.25, 0.3) is 0 Å². The zero-order valence-electron chi connectivity index (χ0n) is 15.7. The summed E-state index contributed by atoms with van der Waals surface area (Å²) >= 11 is 0. The SMILES string of the molecule is CCN(C(=O)CCC(=O)N1CCC(c2ccccc2)=N1)C1CCCCC1. The highest BCUT2D eigenvalue weighted by Crippen LogP contribution is 2.23. The molecule has 1 aliphatic carbocycles. The lowest BCUT2D eigenvalue weighted by atomic mass is 9.94. The molecule has 0 radical (unpaired) electrons. The van der Waals surface area contributed by atoms with Crippen molar-refractivity contribution >= 4 is 17.5 Å². The summed E-state index contributed by atoms with van der Waals surface area (Å²) in [5.41, 5.74) is 2.01. The Bertz CT molecular complexity index is 650. The molecular formula is C21H29N3O2. The van der Waals surface area contributed by atoms with E-state index in [0.29, 0.717) is 12.6 Å². The second-order valence-corrected chi connectivity index (χ2v) is 7.15. The third-order valence-corrected chi connectivity index (χ3v) is 5.43. The van der Waals surface area contributed by atoms with Gasteiger partial charge in [-0.15, -0.1) is 0 Å². The van der Waals surface area contributed by atoms with Crippen LogP contribution in [0.25, 0.3) is 0 Å². The Morgan fingerprint density at radius 2 is 1.85 bits per heavy atom. The van der Waals surface area contributed by atoms with Gasteiger partial charge in [0.2, 0.25) is 11.8 Å². The number of nitrogens with zero attached hydrogens (tertiary/aromatic N) is 3. The van der Waals surface area contributed by atoms with Crippen LogP contribution in [0.5, 0.6) is 0 Å². The second kappa shape index (κ2) is 8.97. The number of hydrogen-bond acceptors (Lipinski definition) is 3. The molecule has 26 heavy (non-hydrogen) atoms. The minimum Gasteiger partial charge on any atom is -0.340 e. The second-order valence-electron chi connectivity index (χ2n) is 7.15. The standard InChI is InChI=1S/C21H29N3O2/c1-2-23(18-11-7-4-8-12-18)20(25)13-14-21(26)24-16-15-19(22-24)17-9-5-3-6-10-17/h3,5-6,9-10,18H,2,4,7-8,11-16H2,1H3. The predicted octanol–water partition coefficient (Wildman–Crippen LogP) is 3.58. The first-order valence-corrected chi connectivity index (χ1v) is 9.91. The van der Waals surface area contributed by atoms with E-state index in [9.17, 15) is 9.59 Å². The molecule has 1 saturated carbocycles. The molecule has 140 valence electrons. The van der Waals surface area contributed by atoms with Gasteiger partial charge in [0, 0.05) is 31.8 Å². The van der Waals surface area contributed by atoms with Crippen LogP contribution in [0.15, 0.2) is 35.4 Å². The summed E-state index contributed by atoms with van der Waals surface area (Å²) in [6.45, 7) is 3.38. The molecule has 2 aliphatic rings. The molecule has 0 saturated heterocycles. The molecule has 2 amide bonds. The number of carbonyl (C=O) groups excluding carboxylic acids is 2. The molecule has 0 atom stereocenters. The van der Waals surface area contributed by atoms with Gasteiger partial charge in [-0.2, -0.15) is 5.10 Å². The average Bonchev–Trinajstić information content (AvgIpc) is 3.18. The van der Waals surface area contributed by atoms with Crippen LogP contribution in [0.3, 0.4) is 0 Å². The van der Waals surface area contributed by atoms with Crippen LogP contribution >= 0.6 is 0 Å². The smallest absolute Gasteiger partial charge is 0.243 e. The zero-order chi connectivity index (χ0) is 18.4. The van der Waals surface area contributed by atoms with Crippen molar-refractivity contribution < 1.29 is 9.59 Å². The molecule has 0 spiro atoms. The van der Waals surface area contributed by atoms with Gasteiger partial charge >= 0.3 is 0 Å². The monoisotopic (exact) mass is 355 g/mol. The van der Waals surface area contributed by atoms with Gasteiger partial charge in [-0.05, 0) is 25.3 Å². The third kappa shape index (κ3) is 4.51. The topological polar surface area (TPSA) is 53.0 Å². The number of amides is 2. The summed E-state index contributed by atoms with van der Waals surface area (Å²) in [6.07, 6.45) is 7.19. The molecule has 5 nitrogen and oxygen atoms in total. The average molecular weight is 355 g/mol. The van der Waals surface area contributed by atoms with Crippen LogP contribution in [0.1, 0.15) is 63.9 Å². The molecule has 1 aliphatic heterocycles. The molecule has 3 rings (SSSR count). The van der Waals surface area contributed by atoms with Crippen molar-refractivity contribution in [1.82, 2.24) is 9.91 Å². The normalized spacial score (nSPS) is 17.9. The van der Waals surface area contributed by atoms with Crippen LogP contribution < -0.4 is 0 Å². The van der Waals surface area contributed by atoms with Gasteiger partial charge in [-0.25, -0.2) is 5.01 Å². The van der Waals surface area contributed by atoms with Crippen molar-refractivity contribution in [1.29, 1.82) is 0 Å². The van der Waals surface area contributed by atoms with Crippen molar-refractivity contribution in [2.75, 3.05) is 13.1 Å². The first-order chi connectivity index (χ1) is 12.7. The number of rotatable bonds is 6. The van der Waals surface area contributed by atoms with Gasteiger partial charge < -0.3 is 4.90 Å². The van der Waals surface area contributed by atoms with E-state index in [1.807, 2.05) is 42.2 Å². The van der Waals surface area contributed by atoms with Crippen LogP contribution in [0.2, 0.25) is 0 Å². The molecule has 1 fully saturated rings. The van der Waals surface area contributed by atoms with Crippen molar-refractivity contribution in [2.24, 2.45) is 5.10 Å². The quantitative estimate of drug-likeness (QED) is 0.783. The molecule has 1 heterocycles. The number of hydrazone groups is 1. The van der Waals surface area contributed by atoms with Crippen LogP contribution in [-0.2, 0) is 9.59 Å². The molecule has 1 aromatic carbocycles. The maximum absolute atomic E-state index is 12.6. The highest BCUT2D eigenvalue weighted by Gasteiger charge is 2.26. The Morgan fingerprint density at radius 1 is 1.12 bits per heavy atom. The first-order valence-electron chi connectivity index (χ1n) is 9.91. The highest BCUT2D eigenvalue weighted by atomic mass is 16.2. The summed E-state index contributed by atoms with van der Waals surface area (Å²) in [4.78, 5) is 27.0. The van der Waals surface area contributed by atoms with Crippen LogP contribution in [0, 0.1) is 0 Å². The summed E-state index contributed by atoms with van der Waals surface area (Å²) < 4.78 is 0. The molecular weight excluding hydrogens is 326 g/mol. The summed E-state index contributed by atoms with van der Waals surface area (Å²) in [6, 6.07) is 10.3. The van der Waals surface area contributed by atoms with Crippen molar-refractivity contribution in [3.05, 3.63) is 35.9 Å². The van der Waals surface area contributed by atoms with E-state index in [2.05, 4.69) is 5.10 Å². The lowest BCUT2D eigenvalue weighted by Crippen LogP contribution is -2.41. The molecule has 5 heteroatoms. The van der Waals surface area contributed by atoms with Gasteiger partial charge in [0.05, 0.1) is 12.3 Å². The van der Waals surface area contributed by atoms with E-state index in [0.717, 1.165) is 37.1 Å². The Hall–Kier alpha value is -2.17. The van der Waals surface area contributed by atoms with Crippen molar-refractivity contribution in [3.8, 4) is 0 Å². The zero-order valence-corrected chi connectivity index (χ0v) is 15.7. The third-order valence-electron chi connectivity index (χ3n) is 5.43. The van der Waals surface area contributed by atoms with Crippen molar-refractivity contribution in [2.45, 2.75) is 64.3 Å². The number of benzene rings is 1. The highest BCUT2D eigenvalue weighted by molar-refractivity contribution is 6.02. The fourth-order valence-electron chi connectivity index (χ4n) is 3.99. The molecule has 0 N–H and O–H groups in total. The van der Waals surface area contributed by atoms with Gasteiger partial charge in [-0.3, -0.25) is 9.59 Å². The Morgan fingerprint density at radius 3 is 2.54 bits per heavy atom. The van der Waals surface area contributed by atoms with Crippen LogP contribution in [-0.4, -0.2) is 46.6 Å². The van der Waals surface area contributed by atoms with Gasteiger partial charge in [0.1, 0.15) is 0 Å². The van der Waals surface area contributed by atoms with E-state index in [1.165, 1.54) is 24.3 Å². The Labute approximate surface area is 156 Å². The molecule has 0 aromatic heterocycles. The Balaban J connectivity index is 1.52. The summed E-state index contributed by atoms with van der Waals surface area (Å²) in [5, 5.41) is 6.00. The summed E-state index contributed by atoms with van der Waals surface area (Å²) in [7, 11) is 0. The first kappa shape index (κ1) is 18.6. The maximum atomic E-state index is 12.6. The van der Waals surface area contributed by atoms with E-state index in [1.54, 1.807) is 0 Å². The van der Waals surface area contributed by atoms with Gasteiger partial charge in [0.15, 0.2) is 0 Å². The van der Waals surface area contributed by atoms with Gasteiger partial charge in [-0.1, -0.05) is 49.6 Å². The minimum absolute atomic E-state index is 0.0519. The minimum atomic E-state index is -0.0519. The number of hydrogen-bond donors (Lipinski definition) is 0.